The molecule has 0 spiro atoms. The fourth-order valence-corrected chi connectivity index (χ4v) is 6.80. The van der Waals surface area contributed by atoms with Crippen LogP contribution in [0.5, 0.6) is 0 Å². The predicted octanol–water partition coefficient (Wildman–Crippen LogP) is 4.82. The van der Waals surface area contributed by atoms with Crippen molar-refractivity contribution in [2.45, 2.75) is 77.5 Å². The second-order valence-electron chi connectivity index (χ2n) is 13.9. The molecule has 1 aromatic carbocycles. The van der Waals surface area contributed by atoms with Crippen LogP contribution in [0.15, 0.2) is 30.6 Å². The first-order valence-electron chi connectivity index (χ1n) is 15.2. The van der Waals surface area contributed by atoms with Gasteiger partial charge < -0.3 is 24.5 Å². The van der Waals surface area contributed by atoms with Gasteiger partial charge in [-0.2, -0.15) is 10.4 Å². The number of rotatable bonds is 9. The molecule has 4 heterocycles. The highest BCUT2D eigenvalue weighted by Crippen LogP contribution is 2.47. The minimum Gasteiger partial charge on any atom is -0.432 e. The monoisotopic (exact) mass is 614 g/mol. The molecule has 2 aliphatic rings. The highest BCUT2D eigenvalue weighted by molar-refractivity contribution is 6.74. The zero-order valence-electron chi connectivity index (χ0n) is 27.1. The average Bonchev–Trinajstić information content (AvgIpc) is 3.62. The molecule has 2 aliphatic heterocycles. The number of carbonyl (C=O) groups excluding carboxylic acids is 1. The minimum atomic E-state index is -2.06. The van der Waals surface area contributed by atoms with E-state index in [1.807, 2.05) is 35.1 Å². The summed E-state index contributed by atoms with van der Waals surface area (Å²) in [5.74, 6) is 0.527. The van der Waals surface area contributed by atoms with E-state index in [0.29, 0.717) is 43.3 Å². The van der Waals surface area contributed by atoms with Crippen molar-refractivity contribution in [3.05, 3.63) is 47.4 Å². The molecule has 2 aromatic heterocycles. The number of anilines is 3. The lowest BCUT2D eigenvalue weighted by molar-refractivity contribution is -0.128. The summed E-state index contributed by atoms with van der Waals surface area (Å²) in [6.45, 7) is 17.2. The predicted molar refractivity (Wildman–Crippen MR) is 175 cm³/mol. The van der Waals surface area contributed by atoms with Gasteiger partial charge >= 0.3 is 7.05 Å². The van der Waals surface area contributed by atoms with Crippen LogP contribution in [0, 0.1) is 11.3 Å². The van der Waals surface area contributed by atoms with Gasteiger partial charge in [0.15, 0.2) is 8.32 Å². The molecule has 1 atom stereocenters. The van der Waals surface area contributed by atoms with E-state index in [4.69, 9.17) is 9.41 Å². The molecular formula is C31H43BN8O3Si. The third kappa shape index (κ3) is 6.11. The van der Waals surface area contributed by atoms with Gasteiger partial charge in [-0.3, -0.25) is 9.48 Å². The smallest absolute Gasteiger partial charge is 0.409 e. The van der Waals surface area contributed by atoms with E-state index < -0.39 is 20.8 Å². The van der Waals surface area contributed by atoms with Crippen LogP contribution in [0.1, 0.15) is 57.4 Å². The molecular weight excluding hydrogens is 571 g/mol. The number of carbonyl (C=O) groups is 1. The zero-order chi connectivity index (χ0) is 32.0. The normalized spacial score (nSPS) is 18.5. The number of hydrogen-bond donors (Lipinski definition) is 2. The van der Waals surface area contributed by atoms with Gasteiger partial charge in [0, 0.05) is 62.2 Å². The first-order chi connectivity index (χ1) is 20.6. The van der Waals surface area contributed by atoms with Crippen molar-refractivity contribution in [2.75, 3.05) is 29.8 Å². The number of fused-ring (bicyclic) bond motifs is 1. The molecule has 0 unspecified atom stereocenters. The molecule has 5 rings (SSSR count). The van der Waals surface area contributed by atoms with Crippen LogP contribution in [0.3, 0.4) is 0 Å². The molecule has 0 aliphatic carbocycles. The minimum absolute atomic E-state index is 0.0525. The summed E-state index contributed by atoms with van der Waals surface area (Å²) in [5, 5.41) is 28.9. The lowest BCUT2D eigenvalue weighted by atomic mass is 9.83. The Morgan fingerprint density at radius 1 is 1.30 bits per heavy atom. The maximum Gasteiger partial charge on any atom is 0.409 e. The van der Waals surface area contributed by atoms with Gasteiger partial charge in [0.25, 0.3) is 0 Å². The number of nitrogens with one attached hydrogen (secondary N) is 1. The summed E-state index contributed by atoms with van der Waals surface area (Å²) in [7, 11) is -0.978. The first-order valence-corrected chi connectivity index (χ1v) is 18.1. The van der Waals surface area contributed by atoms with Crippen molar-refractivity contribution >= 4 is 38.6 Å². The topological polar surface area (TPSA) is 132 Å². The average molecular weight is 615 g/mol. The van der Waals surface area contributed by atoms with Crippen LogP contribution < -0.4 is 10.1 Å². The lowest BCUT2D eigenvalue weighted by Crippen LogP contribution is -2.47. The van der Waals surface area contributed by atoms with Gasteiger partial charge in [-0.1, -0.05) is 27.7 Å². The van der Waals surface area contributed by atoms with Crippen molar-refractivity contribution in [1.29, 1.82) is 5.26 Å². The van der Waals surface area contributed by atoms with E-state index in [-0.39, 0.29) is 10.9 Å². The molecule has 1 fully saturated rings. The van der Waals surface area contributed by atoms with E-state index in [2.05, 4.69) is 68.3 Å². The first kappa shape index (κ1) is 31.7. The van der Waals surface area contributed by atoms with E-state index >= 15 is 0 Å². The Hall–Kier alpha value is -3.73. The second kappa shape index (κ2) is 11.6. The Balaban J connectivity index is 1.49. The van der Waals surface area contributed by atoms with Crippen molar-refractivity contribution in [3.63, 3.8) is 0 Å². The Morgan fingerprint density at radius 2 is 2.05 bits per heavy atom. The van der Waals surface area contributed by atoms with Crippen LogP contribution >= 0.6 is 0 Å². The highest BCUT2D eigenvalue weighted by Gasteiger charge is 2.46. The molecule has 1 amide bonds. The van der Waals surface area contributed by atoms with E-state index in [9.17, 15) is 15.1 Å². The Kier molecular flexibility index (Phi) is 8.39. The zero-order valence-corrected chi connectivity index (χ0v) is 28.1. The van der Waals surface area contributed by atoms with Crippen molar-refractivity contribution in [1.82, 2.24) is 24.6 Å². The van der Waals surface area contributed by atoms with Gasteiger partial charge in [0.1, 0.15) is 11.8 Å². The number of likely N-dealkylation sites (tertiary alicyclic amines) is 1. The number of nitriles is 1. The summed E-state index contributed by atoms with van der Waals surface area (Å²) >= 11 is 0. The van der Waals surface area contributed by atoms with Crippen LogP contribution in [-0.4, -0.2) is 70.6 Å². The molecule has 3 aromatic rings. The fraction of sp³-hybridized carbons (Fsp3) is 0.516. The van der Waals surface area contributed by atoms with Crippen LogP contribution in [0.25, 0.3) is 11.3 Å². The largest absolute Gasteiger partial charge is 0.432 e. The molecule has 11 nitrogen and oxygen atoms in total. The maximum atomic E-state index is 12.2. The highest BCUT2D eigenvalue weighted by atomic mass is 28.4. The summed E-state index contributed by atoms with van der Waals surface area (Å²) < 4.78 is 8.43. The molecule has 232 valence electrons. The molecule has 0 saturated carbocycles. The summed E-state index contributed by atoms with van der Waals surface area (Å²) in [4.78, 5) is 25.2. The van der Waals surface area contributed by atoms with E-state index in [1.165, 1.54) is 0 Å². The molecule has 1 saturated heterocycles. The number of amides is 1. The van der Waals surface area contributed by atoms with Crippen LogP contribution in [0.2, 0.25) is 25.0 Å². The van der Waals surface area contributed by atoms with Crippen LogP contribution in [-0.2, 0) is 28.2 Å². The van der Waals surface area contributed by atoms with E-state index in [1.54, 1.807) is 17.7 Å². The van der Waals surface area contributed by atoms with Gasteiger partial charge in [0.05, 0.1) is 23.5 Å². The fourth-order valence-electron chi connectivity index (χ4n) is 5.68. The standard InChI is InChI=1S/C31H43BN8O3Si/c1-30(2,3)44(7,8)43-20-31(4)19-40(32(5)42)28-22(16-33)14-21(15-23(28)31)24-11-12-34-29(35-24)36-25-17-38(6)37-26(25)18-39-13-9-10-27(39)41/h11-12,14-15,17,42H,9-10,13,18-20H2,1-8H3,(H,34,35,36)/t31-/m1/s1. The lowest BCUT2D eigenvalue weighted by Gasteiger charge is -2.39. The molecule has 0 bridgehead atoms. The van der Waals surface area contributed by atoms with Crippen molar-refractivity contribution < 1.29 is 14.2 Å². The van der Waals surface area contributed by atoms with Crippen molar-refractivity contribution in [2.24, 2.45) is 7.05 Å². The third-order valence-electron chi connectivity index (χ3n) is 9.31. The number of aryl methyl sites for hydroxylation is 1. The van der Waals surface area contributed by atoms with Gasteiger partial charge in [-0.05, 0) is 55.1 Å². The number of benzene rings is 1. The van der Waals surface area contributed by atoms with E-state index in [0.717, 1.165) is 41.2 Å². The summed E-state index contributed by atoms with van der Waals surface area (Å²) in [6.07, 6.45) is 4.98. The number of aromatic nitrogens is 4. The molecule has 2 N–H and O–H groups in total. The summed E-state index contributed by atoms with van der Waals surface area (Å²) in [6, 6.07) is 8.10. The molecule has 13 heteroatoms. The van der Waals surface area contributed by atoms with Gasteiger partial charge in [0.2, 0.25) is 11.9 Å². The number of nitrogens with zero attached hydrogens (tertiary/aromatic N) is 7. The Bertz CT molecular complexity index is 1610. The van der Waals surface area contributed by atoms with Crippen LogP contribution in [0.4, 0.5) is 17.3 Å². The van der Waals surface area contributed by atoms with Gasteiger partial charge in [-0.25, -0.2) is 9.97 Å². The van der Waals surface area contributed by atoms with Crippen molar-refractivity contribution in [3.8, 4) is 17.3 Å². The SMILES string of the molecule is CB(O)N1C[C@](C)(CO[Si](C)(C)C(C)(C)C)c2cc(-c3ccnc(Nc4cn(C)nc4CN4CCCC4=O)n3)cc(C#N)c21. The number of hydrogen-bond acceptors (Lipinski definition) is 9. The van der Waals surface area contributed by atoms with Gasteiger partial charge in [-0.15, -0.1) is 0 Å². The molecule has 44 heavy (non-hydrogen) atoms. The third-order valence-corrected chi connectivity index (χ3v) is 13.8. The Labute approximate surface area is 261 Å². The Morgan fingerprint density at radius 3 is 2.68 bits per heavy atom. The molecule has 0 radical (unpaired) electrons. The second-order valence-corrected chi connectivity index (χ2v) is 18.7. The quantitative estimate of drug-likeness (QED) is 0.326. The maximum absolute atomic E-state index is 12.2. The summed E-state index contributed by atoms with van der Waals surface area (Å²) in [5.41, 5.74) is 4.66.